The van der Waals surface area contributed by atoms with Crippen LogP contribution in [0.25, 0.3) is 0 Å². The van der Waals surface area contributed by atoms with Crippen molar-refractivity contribution in [2.45, 2.75) is 66.3 Å². The summed E-state index contributed by atoms with van der Waals surface area (Å²) in [7, 11) is 0. The Morgan fingerprint density at radius 1 is 0.958 bits per heavy atom. The number of rotatable bonds is 4. The van der Waals surface area contributed by atoms with E-state index in [2.05, 4.69) is 37.5 Å². The minimum Gasteiger partial charge on any atom is -0.368 e. The van der Waals surface area contributed by atoms with Gasteiger partial charge in [-0.3, -0.25) is 14.5 Å². The summed E-state index contributed by atoms with van der Waals surface area (Å²) in [5, 5.41) is 0. The molecule has 0 saturated carbocycles. The maximum Gasteiger partial charge on any atom is 0.234 e. The Kier molecular flexibility index (Phi) is 5.63. The molecular weight excluding hydrogens is 302 g/mol. The molecule has 24 heavy (non-hydrogen) atoms. The number of nitrogens with zero attached hydrogens (tertiary/aromatic N) is 2. The first-order chi connectivity index (χ1) is 11.1. The predicted molar refractivity (Wildman–Crippen MR) is 96.3 cm³/mol. The van der Waals surface area contributed by atoms with Gasteiger partial charge in [-0.2, -0.15) is 0 Å². The fourth-order valence-electron chi connectivity index (χ4n) is 3.90. The fraction of sp³-hybridized carbons (Fsp3) is 0.895. The monoisotopic (exact) mass is 337 g/mol. The van der Waals surface area contributed by atoms with Crippen molar-refractivity contribution in [2.75, 3.05) is 26.2 Å². The molecule has 2 aliphatic heterocycles. The van der Waals surface area contributed by atoms with E-state index >= 15 is 0 Å². The standard InChI is InChI=1S/C19H35N3O2/c1-14(2)18(4,5)17(24)22-12-8-19(9-13-22)6-10-21(11-7-19)15(3)16(20)23/h14-15H,6-13H2,1-5H3,(H2,20,23). The van der Waals surface area contributed by atoms with E-state index in [9.17, 15) is 9.59 Å². The lowest BCUT2D eigenvalue weighted by molar-refractivity contribution is -0.146. The zero-order valence-electron chi connectivity index (χ0n) is 16.1. The molecule has 0 bridgehead atoms. The second-order valence-electron chi connectivity index (χ2n) is 8.78. The van der Waals surface area contributed by atoms with E-state index in [4.69, 9.17) is 5.73 Å². The van der Waals surface area contributed by atoms with Crippen LogP contribution in [0, 0.1) is 16.7 Å². The molecule has 2 rings (SSSR count). The third kappa shape index (κ3) is 3.76. The number of likely N-dealkylation sites (tertiary alicyclic amines) is 2. The van der Waals surface area contributed by atoms with Gasteiger partial charge in [0.2, 0.25) is 11.8 Å². The topological polar surface area (TPSA) is 66.6 Å². The minimum atomic E-state index is -0.287. The molecule has 2 aliphatic rings. The summed E-state index contributed by atoms with van der Waals surface area (Å²) in [6.45, 7) is 13.9. The molecule has 0 radical (unpaired) electrons. The normalized spacial score (nSPS) is 23.5. The van der Waals surface area contributed by atoms with Crippen LogP contribution in [0.15, 0.2) is 0 Å². The fourth-order valence-corrected chi connectivity index (χ4v) is 3.90. The van der Waals surface area contributed by atoms with Gasteiger partial charge in [-0.05, 0) is 57.0 Å². The van der Waals surface area contributed by atoms with E-state index < -0.39 is 0 Å². The van der Waals surface area contributed by atoms with Gasteiger partial charge >= 0.3 is 0 Å². The van der Waals surface area contributed by atoms with Gasteiger partial charge in [0.15, 0.2) is 0 Å². The summed E-state index contributed by atoms with van der Waals surface area (Å²) in [5.41, 5.74) is 5.50. The molecule has 5 heteroatoms. The van der Waals surface area contributed by atoms with Gasteiger partial charge in [0, 0.05) is 18.5 Å². The van der Waals surface area contributed by atoms with Crippen LogP contribution in [0.3, 0.4) is 0 Å². The van der Waals surface area contributed by atoms with Crippen LogP contribution < -0.4 is 5.73 Å². The SMILES string of the molecule is CC(C(N)=O)N1CCC2(CCN(C(=O)C(C)(C)C(C)C)CC2)CC1. The highest BCUT2D eigenvalue weighted by atomic mass is 16.2. The van der Waals surface area contributed by atoms with Gasteiger partial charge < -0.3 is 10.6 Å². The van der Waals surface area contributed by atoms with Crippen molar-refractivity contribution in [3.63, 3.8) is 0 Å². The Balaban J connectivity index is 1.90. The second-order valence-corrected chi connectivity index (χ2v) is 8.78. The van der Waals surface area contributed by atoms with Crippen molar-refractivity contribution >= 4 is 11.8 Å². The first kappa shape index (κ1) is 19.2. The van der Waals surface area contributed by atoms with E-state index in [0.29, 0.717) is 17.2 Å². The summed E-state index contributed by atoms with van der Waals surface area (Å²) in [5.74, 6) is 0.411. The third-order valence-electron chi connectivity index (χ3n) is 6.92. The molecule has 0 aliphatic carbocycles. The van der Waals surface area contributed by atoms with Crippen molar-refractivity contribution < 1.29 is 9.59 Å². The molecule has 2 fully saturated rings. The van der Waals surface area contributed by atoms with Gasteiger partial charge in [-0.25, -0.2) is 0 Å². The van der Waals surface area contributed by atoms with Crippen molar-refractivity contribution in [3.8, 4) is 0 Å². The maximum absolute atomic E-state index is 12.8. The number of carbonyl (C=O) groups excluding carboxylic acids is 2. The molecule has 5 nitrogen and oxygen atoms in total. The van der Waals surface area contributed by atoms with Gasteiger partial charge in [-0.1, -0.05) is 27.7 Å². The number of piperidine rings is 2. The molecule has 1 unspecified atom stereocenters. The predicted octanol–water partition coefficient (Wildman–Crippen LogP) is 2.25. The summed E-state index contributed by atoms with van der Waals surface area (Å²) in [6, 6.07) is -0.171. The summed E-state index contributed by atoms with van der Waals surface area (Å²) < 4.78 is 0. The summed E-state index contributed by atoms with van der Waals surface area (Å²) >= 11 is 0. The highest BCUT2D eigenvalue weighted by Gasteiger charge is 2.42. The smallest absolute Gasteiger partial charge is 0.234 e. The van der Waals surface area contributed by atoms with E-state index in [1.165, 1.54) is 0 Å². The lowest BCUT2D eigenvalue weighted by atomic mass is 9.70. The average Bonchev–Trinajstić information content (AvgIpc) is 2.54. The number of primary amides is 1. The Morgan fingerprint density at radius 2 is 1.42 bits per heavy atom. The molecule has 0 aromatic heterocycles. The molecule has 2 amide bonds. The van der Waals surface area contributed by atoms with Crippen LogP contribution in [-0.2, 0) is 9.59 Å². The molecule has 2 saturated heterocycles. The van der Waals surface area contributed by atoms with Crippen molar-refractivity contribution in [3.05, 3.63) is 0 Å². The van der Waals surface area contributed by atoms with Crippen LogP contribution in [0.5, 0.6) is 0 Å². The van der Waals surface area contributed by atoms with E-state index in [-0.39, 0.29) is 17.4 Å². The molecule has 138 valence electrons. The average molecular weight is 338 g/mol. The quantitative estimate of drug-likeness (QED) is 0.855. The van der Waals surface area contributed by atoms with E-state index in [1.807, 2.05) is 6.92 Å². The zero-order chi connectivity index (χ0) is 18.1. The van der Waals surface area contributed by atoms with Crippen molar-refractivity contribution in [2.24, 2.45) is 22.5 Å². The van der Waals surface area contributed by atoms with E-state index in [0.717, 1.165) is 51.9 Å². The van der Waals surface area contributed by atoms with Crippen LogP contribution in [0.4, 0.5) is 0 Å². The van der Waals surface area contributed by atoms with Gasteiger partial charge in [0.05, 0.1) is 6.04 Å². The largest absolute Gasteiger partial charge is 0.368 e. The van der Waals surface area contributed by atoms with Crippen LogP contribution in [0.1, 0.15) is 60.3 Å². The van der Waals surface area contributed by atoms with Crippen molar-refractivity contribution in [1.29, 1.82) is 0 Å². The van der Waals surface area contributed by atoms with Gasteiger partial charge in [0.25, 0.3) is 0 Å². The van der Waals surface area contributed by atoms with Crippen LogP contribution >= 0.6 is 0 Å². The Hall–Kier alpha value is -1.10. The molecular formula is C19H35N3O2. The summed E-state index contributed by atoms with van der Waals surface area (Å²) in [4.78, 5) is 28.5. The highest BCUT2D eigenvalue weighted by molar-refractivity contribution is 5.82. The summed E-state index contributed by atoms with van der Waals surface area (Å²) in [6.07, 6.45) is 4.40. The van der Waals surface area contributed by atoms with Gasteiger partial charge in [-0.15, -0.1) is 0 Å². The Bertz CT molecular complexity index is 469. The minimum absolute atomic E-state index is 0.171. The zero-order valence-corrected chi connectivity index (χ0v) is 16.1. The molecule has 2 heterocycles. The van der Waals surface area contributed by atoms with Crippen molar-refractivity contribution in [1.82, 2.24) is 9.80 Å². The van der Waals surface area contributed by atoms with E-state index in [1.54, 1.807) is 0 Å². The van der Waals surface area contributed by atoms with Gasteiger partial charge in [0.1, 0.15) is 0 Å². The first-order valence-corrected chi connectivity index (χ1v) is 9.42. The lowest BCUT2D eigenvalue weighted by Crippen LogP contribution is -2.53. The third-order valence-corrected chi connectivity index (χ3v) is 6.92. The number of carbonyl (C=O) groups is 2. The molecule has 1 spiro atoms. The number of hydrogen-bond acceptors (Lipinski definition) is 3. The number of amides is 2. The lowest BCUT2D eigenvalue weighted by Gasteiger charge is -2.48. The highest BCUT2D eigenvalue weighted by Crippen LogP contribution is 2.42. The first-order valence-electron chi connectivity index (χ1n) is 9.42. The molecule has 0 aromatic carbocycles. The molecule has 0 aromatic rings. The number of hydrogen-bond donors (Lipinski definition) is 1. The molecule has 2 N–H and O–H groups in total. The van der Waals surface area contributed by atoms with Crippen LogP contribution in [-0.4, -0.2) is 53.8 Å². The Labute approximate surface area is 146 Å². The Morgan fingerprint density at radius 3 is 1.83 bits per heavy atom. The second kappa shape index (κ2) is 7.03. The maximum atomic E-state index is 12.8. The van der Waals surface area contributed by atoms with Crippen LogP contribution in [0.2, 0.25) is 0 Å². The molecule has 1 atom stereocenters. The number of nitrogens with two attached hydrogens (primary N) is 1.